The number of nitrogens with one attached hydrogen (secondary N) is 1. The van der Waals surface area contributed by atoms with Gasteiger partial charge in [0.2, 0.25) is 5.91 Å². The van der Waals surface area contributed by atoms with E-state index in [0.29, 0.717) is 5.75 Å². The minimum atomic E-state index is -0.00986. The van der Waals surface area contributed by atoms with Gasteiger partial charge in [0.15, 0.2) is 0 Å². The predicted molar refractivity (Wildman–Crippen MR) is 79.5 cm³/mol. The summed E-state index contributed by atoms with van der Waals surface area (Å²) in [6.45, 7) is 4.05. The Morgan fingerprint density at radius 2 is 2.05 bits per heavy atom. The highest BCUT2D eigenvalue weighted by Crippen LogP contribution is 2.19. The third-order valence-electron chi connectivity index (χ3n) is 2.87. The lowest BCUT2D eigenvalue weighted by Gasteiger charge is -2.09. The Balaban J connectivity index is 1.93. The highest BCUT2D eigenvalue weighted by Gasteiger charge is 2.06. The molecule has 19 heavy (non-hydrogen) atoms. The maximum absolute atomic E-state index is 11.9. The molecule has 0 aliphatic rings. The first kappa shape index (κ1) is 13.6. The number of hydrogen-bond donors (Lipinski definition) is 1. The lowest BCUT2D eigenvalue weighted by molar-refractivity contribution is -0.113. The van der Waals surface area contributed by atoms with Crippen LogP contribution in [0.5, 0.6) is 0 Å². The Morgan fingerprint density at radius 1 is 1.21 bits per heavy atom. The van der Waals surface area contributed by atoms with Crippen molar-refractivity contribution >= 4 is 23.4 Å². The molecule has 0 unspecified atom stereocenters. The Hall–Kier alpha value is -1.81. The van der Waals surface area contributed by atoms with Gasteiger partial charge in [0.1, 0.15) is 0 Å². The van der Waals surface area contributed by atoms with Gasteiger partial charge in [0.05, 0.1) is 10.8 Å². The number of carbonyl (C=O) groups is 1. The maximum atomic E-state index is 11.9. The van der Waals surface area contributed by atoms with Gasteiger partial charge in [0, 0.05) is 11.9 Å². The summed E-state index contributed by atoms with van der Waals surface area (Å²) in [5.41, 5.74) is 3.17. The van der Waals surface area contributed by atoms with Crippen LogP contribution in [0.25, 0.3) is 0 Å². The van der Waals surface area contributed by atoms with E-state index in [1.807, 2.05) is 50.2 Å². The lowest BCUT2D eigenvalue weighted by atomic mass is 10.1. The molecule has 4 heteroatoms. The molecular formula is C15H16N2OS. The van der Waals surface area contributed by atoms with Gasteiger partial charge in [-0.3, -0.25) is 4.79 Å². The summed E-state index contributed by atoms with van der Waals surface area (Å²) in [6, 6.07) is 11.6. The van der Waals surface area contributed by atoms with Crippen LogP contribution in [-0.4, -0.2) is 16.6 Å². The molecule has 98 valence electrons. The number of aromatic nitrogens is 1. The molecule has 2 aromatic rings. The van der Waals surface area contributed by atoms with Crippen molar-refractivity contribution in [3.8, 4) is 0 Å². The second kappa shape index (κ2) is 6.38. The Labute approximate surface area is 117 Å². The number of rotatable bonds is 4. The van der Waals surface area contributed by atoms with Crippen LogP contribution in [0.15, 0.2) is 47.6 Å². The molecule has 0 fully saturated rings. The molecule has 1 heterocycles. The van der Waals surface area contributed by atoms with Crippen molar-refractivity contribution in [1.82, 2.24) is 4.98 Å². The van der Waals surface area contributed by atoms with Gasteiger partial charge in [-0.25, -0.2) is 4.98 Å². The summed E-state index contributed by atoms with van der Waals surface area (Å²) in [5.74, 6) is 0.356. The molecular weight excluding hydrogens is 256 g/mol. The third kappa shape index (κ3) is 3.83. The lowest BCUT2D eigenvalue weighted by Crippen LogP contribution is -2.15. The van der Waals surface area contributed by atoms with Gasteiger partial charge in [-0.1, -0.05) is 30.0 Å². The third-order valence-corrected chi connectivity index (χ3v) is 3.81. The molecule has 0 aliphatic carbocycles. The van der Waals surface area contributed by atoms with Crippen molar-refractivity contribution in [2.45, 2.75) is 18.9 Å². The Bertz CT molecular complexity index is 570. The normalized spacial score (nSPS) is 10.2. The van der Waals surface area contributed by atoms with Gasteiger partial charge < -0.3 is 5.32 Å². The smallest absolute Gasteiger partial charge is 0.234 e. The first-order chi connectivity index (χ1) is 9.16. The summed E-state index contributed by atoms with van der Waals surface area (Å²) < 4.78 is 0. The van der Waals surface area contributed by atoms with Crippen LogP contribution >= 0.6 is 11.8 Å². The zero-order valence-corrected chi connectivity index (χ0v) is 11.8. The number of anilines is 1. The fourth-order valence-electron chi connectivity index (χ4n) is 1.64. The Morgan fingerprint density at radius 3 is 2.79 bits per heavy atom. The van der Waals surface area contributed by atoms with Crippen LogP contribution in [0.2, 0.25) is 0 Å². The van der Waals surface area contributed by atoms with E-state index in [9.17, 15) is 4.79 Å². The fourth-order valence-corrected chi connectivity index (χ4v) is 2.31. The maximum Gasteiger partial charge on any atom is 0.234 e. The van der Waals surface area contributed by atoms with Gasteiger partial charge >= 0.3 is 0 Å². The number of pyridine rings is 1. The van der Waals surface area contributed by atoms with Gasteiger partial charge in [0.25, 0.3) is 0 Å². The van der Waals surface area contributed by atoms with E-state index in [2.05, 4.69) is 10.3 Å². The van der Waals surface area contributed by atoms with Crippen LogP contribution in [-0.2, 0) is 4.79 Å². The van der Waals surface area contributed by atoms with Crippen LogP contribution in [0.4, 0.5) is 5.69 Å². The highest BCUT2D eigenvalue weighted by atomic mass is 32.2. The van der Waals surface area contributed by atoms with E-state index in [-0.39, 0.29) is 5.91 Å². The molecule has 0 bridgehead atoms. The first-order valence-electron chi connectivity index (χ1n) is 6.06. The standard InChI is InChI=1S/C15H16N2OS/c1-11-6-5-7-13(12(11)2)17-14(18)10-19-15-8-3-4-9-16-15/h3-9H,10H2,1-2H3,(H,17,18). The first-order valence-corrected chi connectivity index (χ1v) is 7.05. The number of benzene rings is 1. The number of aryl methyl sites for hydroxylation is 1. The number of hydrogen-bond acceptors (Lipinski definition) is 3. The van der Waals surface area contributed by atoms with E-state index in [1.165, 1.54) is 17.3 Å². The Kier molecular flexibility index (Phi) is 4.58. The number of thioether (sulfide) groups is 1. The van der Waals surface area contributed by atoms with Crippen molar-refractivity contribution in [1.29, 1.82) is 0 Å². The molecule has 2 rings (SSSR count). The number of nitrogens with zero attached hydrogens (tertiary/aromatic N) is 1. The van der Waals surface area contributed by atoms with Crippen molar-refractivity contribution < 1.29 is 4.79 Å². The average Bonchev–Trinajstić information content (AvgIpc) is 2.43. The van der Waals surface area contributed by atoms with E-state index in [1.54, 1.807) is 6.20 Å². The number of amides is 1. The largest absolute Gasteiger partial charge is 0.325 e. The van der Waals surface area contributed by atoms with Crippen molar-refractivity contribution in [2.24, 2.45) is 0 Å². The van der Waals surface area contributed by atoms with Crippen LogP contribution in [0.1, 0.15) is 11.1 Å². The van der Waals surface area contributed by atoms with Crippen molar-refractivity contribution in [3.63, 3.8) is 0 Å². The summed E-state index contributed by atoms with van der Waals surface area (Å²) >= 11 is 1.43. The second-order valence-corrected chi connectivity index (χ2v) is 5.25. The van der Waals surface area contributed by atoms with E-state index in [4.69, 9.17) is 0 Å². The minimum absolute atomic E-state index is 0.00986. The topological polar surface area (TPSA) is 42.0 Å². The molecule has 1 amide bonds. The fraction of sp³-hybridized carbons (Fsp3) is 0.200. The SMILES string of the molecule is Cc1cccc(NC(=O)CSc2ccccn2)c1C. The molecule has 0 spiro atoms. The quantitative estimate of drug-likeness (QED) is 0.867. The minimum Gasteiger partial charge on any atom is -0.325 e. The monoisotopic (exact) mass is 272 g/mol. The summed E-state index contributed by atoms with van der Waals surface area (Å²) in [4.78, 5) is 16.1. The summed E-state index contributed by atoms with van der Waals surface area (Å²) in [7, 11) is 0. The zero-order chi connectivity index (χ0) is 13.7. The zero-order valence-electron chi connectivity index (χ0n) is 11.0. The number of carbonyl (C=O) groups excluding carboxylic acids is 1. The molecule has 0 aliphatic heterocycles. The molecule has 0 saturated carbocycles. The van der Waals surface area contributed by atoms with Crippen LogP contribution in [0.3, 0.4) is 0 Å². The predicted octanol–water partition coefficient (Wildman–Crippen LogP) is 3.43. The summed E-state index contributed by atoms with van der Waals surface area (Å²) in [6.07, 6.45) is 1.73. The van der Waals surface area contributed by atoms with Crippen molar-refractivity contribution in [3.05, 3.63) is 53.7 Å². The van der Waals surface area contributed by atoms with Gasteiger partial charge in [-0.2, -0.15) is 0 Å². The van der Waals surface area contributed by atoms with E-state index < -0.39 is 0 Å². The van der Waals surface area contributed by atoms with Crippen molar-refractivity contribution in [2.75, 3.05) is 11.1 Å². The van der Waals surface area contributed by atoms with Gasteiger partial charge in [-0.05, 0) is 43.2 Å². The van der Waals surface area contributed by atoms with Gasteiger partial charge in [-0.15, -0.1) is 0 Å². The molecule has 0 radical (unpaired) electrons. The second-order valence-electron chi connectivity index (χ2n) is 4.25. The molecule has 0 saturated heterocycles. The average molecular weight is 272 g/mol. The van der Waals surface area contributed by atoms with E-state index >= 15 is 0 Å². The molecule has 3 nitrogen and oxygen atoms in total. The molecule has 1 aromatic carbocycles. The molecule has 1 aromatic heterocycles. The van der Waals surface area contributed by atoms with Crippen LogP contribution < -0.4 is 5.32 Å². The highest BCUT2D eigenvalue weighted by molar-refractivity contribution is 7.99. The summed E-state index contributed by atoms with van der Waals surface area (Å²) in [5, 5.41) is 3.79. The molecule has 0 atom stereocenters. The van der Waals surface area contributed by atoms with Crippen LogP contribution in [0, 0.1) is 13.8 Å². The van der Waals surface area contributed by atoms with E-state index in [0.717, 1.165) is 16.3 Å². The molecule has 1 N–H and O–H groups in total.